The molecule has 2 rings (SSSR count). The Labute approximate surface area is 177 Å². The monoisotopic (exact) mass is 413 g/mol. The van der Waals surface area contributed by atoms with Crippen LogP contribution in [0.2, 0.25) is 0 Å². The van der Waals surface area contributed by atoms with E-state index in [-0.39, 0.29) is 12.8 Å². The number of aliphatic carboxylic acids is 1. The summed E-state index contributed by atoms with van der Waals surface area (Å²) in [6, 6.07) is 18.3. The molecular formula is C24H31NO5. The molecule has 3 atom stereocenters. The number of carbonyl (C=O) groups is 2. The molecule has 0 aliphatic heterocycles. The van der Waals surface area contributed by atoms with Crippen LogP contribution in [0, 0.1) is 5.92 Å². The van der Waals surface area contributed by atoms with Gasteiger partial charge in [-0.3, -0.25) is 4.79 Å². The van der Waals surface area contributed by atoms with Crippen molar-refractivity contribution in [2.75, 3.05) is 0 Å². The van der Waals surface area contributed by atoms with Crippen molar-refractivity contribution in [3.8, 4) is 0 Å². The zero-order chi connectivity index (χ0) is 22.1. The molecule has 0 aliphatic carbocycles. The van der Waals surface area contributed by atoms with Crippen molar-refractivity contribution in [3.63, 3.8) is 0 Å². The number of hydrogen-bond donors (Lipinski definition) is 3. The smallest absolute Gasteiger partial charge is 0.407 e. The maximum Gasteiger partial charge on any atom is 0.407 e. The summed E-state index contributed by atoms with van der Waals surface area (Å²) in [6.07, 6.45) is -0.967. The van der Waals surface area contributed by atoms with E-state index in [1.54, 1.807) is 20.8 Å². The molecule has 6 nitrogen and oxygen atoms in total. The van der Waals surface area contributed by atoms with Gasteiger partial charge in [-0.05, 0) is 51.2 Å². The standard InChI is InChI=1S/C24H31NO5/c1-24(2,3)30-23(29)25-19(14-17-10-6-4-7-11-17)16-21(26)20(22(27)28)15-18-12-8-5-9-13-18/h4-13,19-21,26H,14-16H2,1-3H3,(H,25,29)(H,27,28)/t19-,20+,21-/m0/s1. The molecular weight excluding hydrogens is 382 g/mol. The van der Waals surface area contributed by atoms with Crippen molar-refractivity contribution in [2.24, 2.45) is 5.92 Å². The van der Waals surface area contributed by atoms with Crippen LogP contribution in [0.5, 0.6) is 0 Å². The molecule has 162 valence electrons. The number of carboxylic acids is 1. The number of benzene rings is 2. The van der Waals surface area contributed by atoms with Gasteiger partial charge in [-0.15, -0.1) is 0 Å². The second-order valence-electron chi connectivity index (χ2n) is 8.47. The van der Waals surface area contributed by atoms with Crippen LogP contribution >= 0.6 is 0 Å². The van der Waals surface area contributed by atoms with Crippen LogP contribution < -0.4 is 5.32 Å². The van der Waals surface area contributed by atoms with Crippen molar-refractivity contribution < 1.29 is 24.5 Å². The van der Waals surface area contributed by atoms with E-state index >= 15 is 0 Å². The van der Waals surface area contributed by atoms with E-state index in [9.17, 15) is 19.8 Å². The van der Waals surface area contributed by atoms with Crippen molar-refractivity contribution in [1.29, 1.82) is 0 Å². The topological polar surface area (TPSA) is 95.9 Å². The molecule has 0 saturated heterocycles. The minimum Gasteiger partial charge on any atom is -0.481 e. The Hall–Kier alpha value is -2.86. The van der Waals surface area contributed by atoms with Gasteiger partial charge >= 0.3 is 12.1 Å². The summed E-state index contributed by atoms with van der Waals surface area (Å²) in [4.78, 5) is 24.1. The summed E-state index contributed by atoms with van der Waals surface area (Å²) < 4.78 is 5.34. The first-order chi connectivity index (χ1) is 14.1. The minimum absolute atomic E-state index is 0.0952. The number of rotatable bonds is 9. The van der Waals surface area contributed by atoms with Crippen molar-refractivity contribution in [1.82, 2.24) is 5.32 Å². The first-order valence-corrected chi connectivity index (χ1v) is 10.1. The lowest BCUT2D eigenvalue weighted by molar-refractivity contribution is -0.145. The van der Waals surface area contributed by atoms with E-state index < -0.39 is 35.7 Å². The van der Waals surface area contributed by atoms with Gasteiger partial charge in [0, 0.05) is 6.04 Å². The van der Waals surface area contributed by atoms with Crippen LogP contribution in [0.3, 0.4) is 0 Å². The average Bonchev–Trinajstić information content (AvgIpc) is 2.65. The third-order valence-electron chi connectivity index (χ3n) is 4.65. The molecule has 0 aromatic heterocycles. The van der Waals surface area contributed by atoms with Crippen LogP contribution in [0.1, 0.15) is 38.3 Å². The number of alkyl carbamates (subject to hydrolysis) is 1. The van der Waals surface area contributed by atoms with Gasteiger partial charge in [0.1, 0.15) is 5.60 Å². The Morgan fingerprint density at radius 3 is 1.90 bits per heavy atom. The zero-order valence-electron chi connectivity index (χ0n) is 17.7. The van der Waals surface area contributed by atoms with Gasteiger partial charge < -0.3 is 20.3 Å². The zero-order valence-corrected chi connectivity index (χ0v) is 17.7. The van der Waals surface area contributed by atoms with Crippen LogP contribution in [-0.2, 0) is 22.4 Å². The lowest BCUT2D eigenvalue weighted by Crippen LogP contribution is -2.44. The largest absolute Gasteiger partial charge is 0.481 e. The number of carboxylic acid groups (broad SMARTS) is 1. The summed E-state index contributed by atoms with van der Waals surface area (Å²) in [5.41, 5.74) is 1.15. The minimum atomic E-state index is -1.13. The molecule has 0 unspecified atom stereocenters. The third-order valence-corrected chi connectivity index (χ3v) is 4.65. The highest BCUT2D eigenvalue weighted by atomic mass is 16.6. The fourth-order valence-electron chi connectivity index (χ4n) is 3.28. The fraction of sp³-hybridized carbons (Fsp3) is 0.417. The lowest BCUT2D eigenvalue weighted by atomic mass is 9.89. The maximum absolute atomic E-state index is 12.3. The van der Waals surface area contributed by atoms with Gasteiger partial charge in [-0.25, -0.2) is 4.79 Å². The van der Waals surface area contributed by atoms with E-state index in [0.717, 1.165) is 11.1 Å². The maximum atomic E-state index is 12.3. The van der Waals surface area contributed by atoms with Crippen molar-refractivity contribution in [2.45, 2.75) is 57.8 Å². The molecule has 6 heteroatoms. The molecule has 0 heterocycles. The number of nitrogens with one attached hydrogen (secondary N) is 1. The Kier molecular flexibility index (Phi) is 8.42. The summed E-state index contributed by atoms with van der Waals surface area (Å²) in [7, 11) is 0. The second-order valence-corrected chi connectivity index (χ2v) is 8.47. The highest BCUT2D eigenvalue weighted by Crippen LogP contribution is 2.19. The van der Waals surface area contributed by atoms with Gasteiger partial charge in [0.2, 0.25) is 0 Å². The molecule has 3 N–H and O–H groups in total. The number of aliphatic hydroxyl groups excluding tert-OH is 1. The molecule has 0 aliphatic rings. The van der Waals surface area contributed by atoms with Gasteiger partial charge in [0.25, 0.3) is 0 Å². The lowest BCUT2D eigenvalue weighted by Gasteiger charge is -2.27. The first-order valence-electron chi connectivity index (χ1n) is 10.1. The number of carbonyl (C=O) groups excluding carboxylic acids is 1. The first kappa shape index (κ1) is 23.4. The van der Waals surface area contributed by atoms with Gasteiger partial charge in [-0.2, -0.15) is 0 Å². The SMILES string of the molecule is CC(C)(C)OC(=O)N[C@@H](Cc1ccccc1)C[C@H](O)[C@@H](Cc1ccccc1)C(=O)O. The van der Waals surface area contributed by atoms with Crippen LogP contribution in [0.4, 0.5) is 4.79 Å². The highest BCUT2D eigenvalue weighted by molar-refractivity contribution is 5.71. The van der Waals surface area contributed by atoms with E-state index in [2.05, 4.69) is 5.32 Å². The molecule has 30 heavy (non-hydrogen) atoms. The van der Waals surface area contributed by atoms with E-state index in [0.29, 0.717) is 6.42 Å². The van der Waals surface area contributed by atoms with Crippen LogP contribution in [-0.4, -0.2) is 40.0 Å². The van der Waals surface area contributed by atoms with Crippen molar-refractivity contribution in [3.05, 3.63) is 71.8 Å². The normalized spacial score (nSPS) is 14.4. The third kappa shape index (κ3) is 8.25. The van der Waals surface area contributed by atoms with Crippen LogP contribution in [0.25, 0.3) is 0 Å². The second kappa shape index (κ2) is 10.8. The van der Waals surface area contributed by atoms with Crippen molar-refractivity contribution >= 4 is 12.1 Å². The summed E-state index contributed by atoms with van der Waals surface area (Å²) in [6.45, 7) is 5.32. The number of aliphatic hydroxyl groups is 1. The predicted molar refractivity (Wildman–Crippen MR) is 115 cm³/mol. The summed E-state index contributed by atoms with van der Waals surface area (Å²) in [5.74, 6) is -2.05. The molecule has 0 fully saturated rings. The summed E-state index contributed by atoms with van der Waals surface area (Å²) in [5, 5.41) is 23.2. The number of hydrogen-bond acceptors (Lipinski definition) is 4. The molecule has 0 saturated carbocycles. The Morgan fingerprint density at radius 1 is 0.933 bits per heavy atom. The number of ether oxygens (including phenoxy) is 1. The van der Waals surface area contributed by atoms with E-state index in [4.69, 9.17) is 4.74 Å². The average molecular weight is 414 g/mol. The highest BCUT2D eigenvalue weighted by Gasteiger charge is 2.30. The molecule has 2 aromatic carbocycles. The van der Waals surface area contributed by atoms with E-state index in [1.807, 2.05) is 60.7 Å². The molecule has 2 aromatic rings. The molecule has 0 spiro atoms. The molecule has 1 amide bonds. The summed E-state index contributed by atoms with van der Waals surface area (Å²) >= 11 is 0. The van der Waals surface area contributed by atoms with Crippen LogP contribution in [0.15, 0.2) is 60.7 Å². The van der Waals surface area contributed by atoms with Gasteiger partial charge in [-0.1, -0.05) is 60.7 Å². The van der Waals surface area contributed by atoms with Gasteiger partial charge in [0.05, 0.1) is 12.0 Å². The molecule has 0 radical (unpaired) electrons. The fourth-order valence-corrected chi connectivity index (χ4v) is 3.28. The molecule has 0 bridgehead atoms. The quantitative estimate of drug-likeness (QED) is 0.581. The Balaban J connectivity index is 2.12. The Bertz CT molecular complexity index is 801. The Morgan fingerprint density at radius 2 is 1.43 bits per heavy atom. The van der Waals surface area contributed by atoms with E-state index in [1.165, 1.54) is 0 Å². The van der Waals surface area contributed by atoms with Gasteiger partial charge in [0.15, 0.2) is 0 Å². The number of amides is 1. The predicted octanol–water partition coefficient (Wildman–Crippen LogP) is 3.82.